The van der Waals surface area contributed by atoms with E-state index in [1.165, 1.54) is 0 Å². The lowest BCUT2D eigenvalue weighted by Gasteiger charge is -2.33. The summed E-state index contributed by atoms with van der Waals surface area (Å²) >= 11 is 0. The number of rotatable bonds is 3. The number of hydrogen-bond donors (Lipinski definition) is 1. The van der Waals surface area contributed by atoms with E-state index in [2.05, 4.69) is 38.2 Å². The largest absolute Gasteiger partial charge is 0.354 e. The Labute approximate surface area is 130 Å². The van der Waals surface area contributed by atoms with E-state index in [0.717, 1.165) is 37.7 Å². The monoisotopic (exact) mass is 294 g/mol. The van der Waals surface area contributed by atoms with Crippen LogP contribution in [0.3, 0.4) is 0 Å². The minimum absolute atomic E-state index is 0.570. The van der Waals surface area contributed by atoms with Gasteiger partial charge in [0.15, 0.2) is 0 Å². The van der Waals surface area contributed by atoms with Gasteiger partial charge in [0.2, 0.25) is 5.95 Å². The zero-order valence-electron chi connectivity index (χ0n) is 12.5. The standard InChI is InChI=1S/C16H18N6/c1-21-8-10-22(11-9-21)15-6-7-18-16(20-15)19-14-4-2-13(12-17)3-5-14/h2-7H,8-11H2,1H3,(H,18,19,20). The second kappa shape index (κ2) is 6.41. The molecule has 1 aliphatic rings. The molecule has 1 aromatic carbocycles. The Morgan fingerprint density at radius 2 is 1.82 bits per heavy atom. The highest BCUT2D eigenvalue weighted by Gasteiger charge is 2.15. The minimum Gasteiger partial charge on any atom is -0.354 e. The Bertz CT molecular complexity index is 668. The molecule has 6 nitrogen and oxygen atoms in total. The van der Waals surface area contributed by atoms with Gasteiger partial charge in [0, 0.05) is 38.1 Å². The summed E-state index contributed by atoms with van der Waals surface area (Å²) in [6, 6.07) is 11.3. The van der Waals surface area contributed by atoms with Gasteiger partial charge in [-0.3, -0.25) is 0 Å². The maximum atomic E-state index is 8.81. The van der Waals surface area contributed by atoms with E-state index >= 15 is 0 Å². The van der Waals surface area contributed by atoms with Crippen LogP contribution in [0.2, 0.25) is 0 Å². The molecule has 0 atom stereocenters. The van der Waals surface area contributed by atoms with Crippen molar-refractivity contribution in [2.75, 3.05) is 43.4 Å². The minimum atomic E-state index is 0.570. The van der Waals surface area contributed by atoms with E-state index in [9.17, 15) is 0 Å². The molecule has 1 aromatic heterocycles. The summed E-state index contributed by atoms with van der Waals surface area (Å²) in [5, 5.41) is 12.0. The van der Waals surface area contributed by atoms with Crippen molar-refractivity contribution >= 4 is 17.5 Å². The number of aromatic nitrogens is 2. The number of benzene rings is 1. The van der Waals surface area contributed by atoms with Gasteiger partial charge in [-0.15, -0.1) is 0 Å². The maximum absolute atomic E-state index is 8.81. The Balaban J connectivity index is 1.72. The van der Waals surface area contributed by atoms with Crippen LogP contribution in [0.15, 0.2) is 36.5 Å². The summed E-state index contributed by atoms with van der Waals surface area (Å²) in [5.74, 6) is 1.51. The van der Waals surface area contributed by atoms with Crippen LogP contribution in [0.4, 0.5) is 17.5 Å². The molecule has 2 aromatic rings. The third-order valence-electron chi connectivity index (χ3n) is 3.74. The van der Waals surface area contributed by atoms with Gasteiger partial charge >= 0.3 is 0 Å². The SMILES string of the molecule is CN1CCN(c2ccnc(Nc3ccc(C#N)cc3)n2)CC1. The van der Waals surface area contributed by atoms with Crippen molar-refractivity contribution in [2.45, 2.75) is 0 Å². The van der Waals surface area contributed by atoms with Crippen LogP contribution in [-0.4, -0.2) is 48.1 Å². The molecule has 0 radical (unpaired) electrons. The average molecular weight is 294 g/mol. The summed E-state index contributed by atoms with van der Waals surface area (Å²) in [5.41, 5.74) is 1.51. The van der Waals surface area contributed by atoms with Gasteiger partial charge in [-0.05, 0) is 37.4 Å². The summed E-state index contributed by atoms with van der Waals surface area (Å²) in [7, 11) is 2.13. The average Bonchev–Trinajstić information content (AvgIpc) is 2.56. The van der Waals surface area contributed by atoms with Crippen molar-refractivity contribution in [1.82, 2.24) is 14.9 Å². The fraction of sp³-hybridized carbons (Fsp3) is 0.312. The molecule has 0 bridgehead atoms. The van der Waals surface area contributed by atoms with Crippen molar-refractivity contribution in [1.29, 1.82) is 5.26 Å². The predicted molar refractivity (Wildman–Crippen MR) is 86.2 cm³/mol. The second-order valence-corrected chi connectivity index (χ2v) is 5.34. The Morgan fingerprint density at radius 3 is 2.50 bits per heavy atom. The highest BCUT2D eigenvalue weighted by molar-refractivity contribution is 5.56. The topological polar surface area (TPSA) is 68.1 Å². The number of nitrogens with zero attached hydrogens (tertiary/aromatic N) is 5. The molecule has 0 spiro atoms. The number of nitrogens with one attached hydrogen (secondary N) is 1. The molecule has 1 N–H and O–H groups in total. The van der Waals surface area contributed by atoms with E-state index in [0.29, 0.717) is 11.5 Å². The number of likely N-dealkylation sites (N-methyl/N-ethyl adjacent to an activating group) is 1. The molecule has 6 heteroatoms. The first-order valence-corrected chi connectivity index (χ1v) is 7.28. The highest BCUT2D eigenvalue weighted by Crippen LogP contribution is 2.17. The van der Waals surface area contributed by atoms with Crippen LogP contribution in [-0.2, 0) is 0 Å². The smallest absolute Gasteiger partial charge is 0.229 e. The van der Waals surface area contributed by atoms with E-state index in [4.69, 9.17) is 5.26 Å². The van der Waals surface area contributed by atoms with Crippen molar-refractivity contribution in [3.8, 4) is 6.07 Å². The van der Waals surface area contributed by atoms with E-state index in [1.54, 1.807) is 18.3 Å². The third kappa shape index (κ3) is 3.32. The molecule has 3 rings (SSSR count). The maximum Gasteiger partial charge on any atom is 0.229 e. The first-order valence-electron chi connectivity index (χ1n) is 7.28. The van der Waals surface area contributed by atoms with Crippen molar-refractivity contribution < 1.29 is 0 Å². The number of hydrogen-bond acceptors (Lipinski definition) is 6. The molecule has 1 aliphatic heterocycles. The fourth-order valence-corrected chi connectivity index (χ4v) is 2.38. The molecule has 0 unspecified atom stereocenters. The third-order valence-corrected chi connectivity index (χ3v) is 3.74. The van der Waals surface area contributed by atoms with Crippen molar-refractivity contribution in [3.63, 3.8) is 0 Å². The molecule has 0 amide bonds. The Hall–Kier alpha value is -2.65. The lowest BCUT2D eigenvalue weighted by atomic mass is 10.2. The van der Waals surface area contributed by atoms with Gasteiger partial charge in [0.25, 0.3) is 0 Å². The Kier molecular flexibility index (Phi) is 4.17. The molecule has 1 saturated heterocycles. The van der Waals surface area contributed by atoms with Crippen LogP contribution in [0.5, 0.6) is 0 Å². The predicted octanol–water partition coefficient (Wildman–Crippen LogP) is 1.84. The Morgan fingerprint density at radius 1 is 1.09 bits per heavy atom. The summed E-state index contributed by atoms with van der Waals surface area (Å²) < 4.78 is 0. The van der Waals surface area contributed by atoms with Crippen LogP contribution < -0.4 is 10.2 Å². The second-order valence-electron chi connectivity index (χ2n) is 5.34. The number of nitriles is 1. The van der Waals surface area contributed by atoms with Crippen molar-refractivity contribution in [2.24, 2.45) is 0 Å². The van der Waals surface area contributed by atoms with Gasteiger partial charge in [-0.2, -0.15) is 10.2 Å². The van der Waals surface area contributed by atoms with Crippen LogP contribution >= 0.6 is 0 Å². The molecule has 22 heavy (non-hydrogen) atoms. The van der Waals surface area contributed by atoms with Crippen LogP contribution in [0, 0.1) is 11.3 Å². The fourth-order valence-electron chi connectivity index (χ4n) is 2.38. The molecule has 0 saturated carbocycles. The zero-order valence-corrected chi connectivity index (χ0v) is 12.5. The quantitative estimate of drug-likeness (QED) is 0.931. The molecular weight excluding hydrogens is 276 g/mol. The van der Waals surface area contributed by atoms with Crippen LogP contribution in [0.1, 0.15) is 5.56 Å². The van der Waals surface area contributed by atoms with E-state index in [1.807, 2.05) is 18.2 Å². The van der Waals surface area contributed by atoms with Gasteiger partial charge < -0.3 is 15.1 Å². The van der Waals surface area contributed by atoms with Gasteiger partial charge in [0.1, 0.15) is 5.82 Å². The van der Waals surface area contributed by atoms with Crippen molar-refractivity contribution in [3.05, 3.63) is 42.1 Å². The lowest BCUT2D eigenvalue weighted by molar-refractivity contribution is 0.312. The summed E-state index contributed by atoms with van der Waals surface area (Å²) in [6.45, 7) is 4.04. The van der Waals surface area contributed by atoms with Gasteiger partial charge in [-0.25, -0.2) is 4.98 Å². The lowest BCUT2D eigenvalue weighted by Crippen LogP contribution is -2.44. The molecular formula is C16H18N6. The normalized spacial score (nSPS) is 15.4. The van der Waals surface area contributed by atoms with Crippen LogP contribution in [0.25, 0.3) is 0 Å². The first-order chi connectivity index (χ1) is 10.7. The molecule has 0 aliphatic carbocycles. The molecule has 1 fully saturated rings. The number of anilines is 3. The zero-order chi connectivity index (χ0) is 15.4. The molecule has 2 heterocycles. The van der Waals surface area contributed by atoms with Gasteiger partial charge in [-0.1, -0.05) is 0 Å². The van der Waals surface area contributed by atoms with E-state index < -0.39 is 0 Å². The first kappa shape index (κ1) is 14.3. The van der Waals surface area contributed by atoms with E-state index in [-0.39, 0.29) is 0 Å². The molecule has 112 valence electrons. The number of piperazine rings is 1. The summed E-state index contributed by atoms with van der Waals surface area (Å²) in [4.78, 5) is 13.4. The highest BCUT2D eigenvalue weighted by atomic mass is 15.3. The van der Waals surface area contributed by atoms with Gasteiger partial charge in [0.05, 0.1) is 11.6 Å². The summed E-state index contributed by atoms with van der Waals surface area (Å²) in [6.07, 6.45) is 1.77.